The first-order valence-corrected chi connectivity index (χ1v) is 5.51. The number of hydrogen-bond acceptors (Lipinski definition) is 1. The molecule has 0 radical (unpaired) electrons. The number of rotatable bonds is 5. The summed E-state index contributed by atoms with van der Waals surface area (Å²) in [6, 6.07) is 0. The summed E-state index contributed by atoms with van der Waals surface area (Å²) in [6.45, 7) is 1.40. The Morgan fingerprint density at radius 2 is 1.93 bits per heavy atom. The number of carbonyl (C=O) groups is 1. The molecule has 0 aromatic heterocycles. The molecule has 76 valence electrons. The molecule has 0 aromatic carbocycles. The van der Waals surface area contributed by atoms with E-state index in [4.69, 9.17) is 6.42 Å². The van der Waals surface area contributed by atoms with E-state index in [0.29, 0.717) is 12.5 Å². The zero-order valence-electron chi connectivity index (χ0n) is 8.54. The molecule has 2 aliphatic carbocycles. The fraction of sp³-hybridized carbons (Fsp3) is 0.750. The molecule has 0 unspecified atom stereocenters. The van der Waals surface area contributed by atoms with Crippen molar-refractivity contribution in [2.24, 2.45) is 11.8 Å². The minimum Gasteiger partial charge on any atom is -0.331 e. The van der Waals surface area contributed by atoms with Crippen LogP contribution in [0.3, 0.4) is 0 Å². The van der Waals surface area contributed by atoms with Crippen molar-refractivity contribution in [3.63, 3.8) is 0 Å². The predicted octanol–water partition coefficient (Wildman–Crippen LogP) is 1.66. The third kappa shape index (κ3) is 2.77. The highest BCUT2D eigenvalue weighted by molar-refractivity contribution is 5.77. The van der Waals surface area contributed by atoms with E-state index >= 15 is 0 Å². The van der Waals surface area contributed by atoms with Gasteiger partial charge in [-0.05, 0) is 37.5 Å². The quantitative estimate of drug-likeness (QED) is 0.605. The molecule has 2 saturated carbocycles. The monoisotopic (exact) mass is 191 g/mol. The fourth-order valence-corrected chi connectivity index (χ4v) is 1.67. The van der Waals surface area contributed by atoms with Gasteiger partial charge in [-0.25, -0.2) is 0 Å². The van der Waals surface area contributed by atoms with Crippen molar-refractivity contribution in [2.45, 2.75) is 32.1 Å². The average Bonchev–Trinajstić information content (AvgIpc) is 2.97. The minimum absolute atomic E-state index is 0.275. The molecule has 1 amide bonds. The molecule has 2 heteroatoms. The van der Waals surface area contributed by atoms with Crippen LogP contribution in [0.4, 0.5) is 0 Å². The number of hydrogen-bond donors (Lipinski definition) is 0. The summed E-state index contributed by atoms with van der Waals surface area (Å²) in [6.07, 6.45) is 11.0. The van der Waals surface area contributed by atoms with Crippen LogP contribution in [0, 0.1) is 24.2 Å². The second-order valence-electron chi connectivity index (χ2n) is 4.57. The Bertz CT molecular complexity index is 258. The summed E-state index contributed by atoms with van der Waals surface area (Å²) in [5.74, 6) is 4.27. The molecule has 14 heavy (non-hydrogen) atoms. The number of carbonyl (C=O) groups excluding carboxylic acids is 1. The zero-order chi connectivity index (χ0) is 9.97. The molecule has 0 aliphatic heterocycles. The molecule has 0 heterocycles. The molecule has 2 rings (SSSR count). The van der Waals surface area contributed by atoms with Gasteiger partial charge in [-0.2, -0.15) is 0 Å². The van der Waals surface area contributed by atoms with Gasteiger partial charge in [-0.15, -0.1) is 6.42 Å². The molecule has 2 fully saturated rings. The highest BCUT2D eigenvalue weighted by Crippen LogP contribution is 2.34. The maximum Gasteiger partial charge on any atom is 0.223 e. The van der Waals surface area contributed by atoms with Crippen molar-refractivity contribution in [1.82, 2.24) is 4.90 Å². The summed E-state index contributed by atoms with van der Waals surface area (Å²) in [5, 5.41) is 0. The van der Waals surface area contributed by atoms with Crippen molar-refractivity contribution in [3.05, 3.63) is 0 Å². The van der Waals surface area contributed by atoms with Crippen LogP contribution >= 0.6 is 0 Å². The summed E-state index contributed by atoms with van der Waals surface area (Å²) < 4.78 is 0. The minimum atomic E-state index is 0.275. The maximum atomic E-state index is 11.8. The Balaban J connectivity index is 1.80. The average molecular weight is 191 g/mol. The molecule has 0 saturated heterocycles. The Morgan fingerprint density at radius 3 is 2.43 bits per heavy atom. The van der Waals surface area contributed by atoms with E-state index in [1.807, 2.05) is 4.90 Å². The van der Waals surface area contributed by atoms with Crippen molar-refractivity contribution in [1.29, 1.82) is 0 Å². The van der Waals surface area contributed by atoms with E-state index in [2.05, 4.69) is 5.92 Å². The van der Waals surface area contributed by atoms with Gasteiger partial charge in [0.25, 0.3) is 0 Å². The topological polar surface area (TPSA) is 20.3 Å². The van der Waals surface area contributed by atoms with E-state index < -0.39 is 0 Å². The lowest BCUT2D eigenvalue weighted by atomic mass is 10.2. The van der Waals surface area contributed by atoms with Crippen molar-refractivity contribution in [2.75, 3.05) is 13.1 Å². The zero-order valence-corrected chi connectivity index (χ0v) is 8.54. The fourth-order valence-electron chi connectivity index (χ4n) is 1.67. The van der Waals surface area contributed by atoms with Gasteiger partial charge in [0.15, 0.2) is 0 Å². The Morgan fingerprint density at radius 1 is 1.29 bits per heavy atom. The van der Waals surface area contributed by atoms with Crippen LogP contribution < -0.4 is 0 Å². The van der Waals surface area contributed by atoms with Crippen molar-refractivity contribution in [3.8, 4) is 12.3 Å². The normalized spacial score (nSPS) is 20.2. The van der Waals surface area contributed by atoms with Gasteiger partial charge in [-0.3, -0.25) is 4.79 Å². The van der Waals surface area contributed by atoms with Gasteiger partial charge in [0.05, 0.1) is 6.54 Å². The number of terminal acetylenes is 1. The summed E-state index contributed by atoms with van der Waals surface area (Å²) in [5.41, 5.74) is 0. The number of amides is 1. The molecule has 0 aromatic rings. The van der Waals surface area contributed by atoms with Crippen LogP contribution in [0.2, 0.25) is 0 Å². The summed E-state index contributed by atoms with van der Waals surface area (Å²) in [4.78, 5) is 13.6. The lowest BCUT2D eigenvalue weighted by Gasteiger charge is -2.19. The van der Waals surface area contributed by atoms with Crippen LogP contribution in [0.25, 0.3) is 0 Å². The molecule has 0 N–H and O–H groups in total. The SMILES string of the molecule is C#CCN(CC1CC1)C(=O)CC1CC1. The standard InChI is InChI=1S/C12H17NO/c1-2-7-13(9-11-5-6-11)12(14)8-10-3-4-10/h1,10-11H,3-9H2. The molecular weight excluding hydrogens is 174 g/mol. The highest BCUT2D eigenvalue weighted by Gasteiger charge is 2.30. The van der Waals surface area contributed by atoms with Crippen molar-refractivity contribution < 1.29 is 4.79 Å². The lowest BCUT2D eigenvalue weighted by Crippen LogP contribution is -2.33. The molecule has 2 aliphatic rings. The maximum absolute atomic E-state index is 11.8. The lowest BCUT2D eigenvalue weighted by molar-refractivity contribution is -0.131. The Labute approximate surface area is 85.7 Å². The van der Waals surface area contributed by atoms with Crippen LogP contribution in [0.5, 0.6) is 0 Å². The first-order chi connectivity index (χ1) is 6.79. The van der Waals surface area contributed by atoms with Gasteiger partial charge < -0.3 is 4.90 Å². The van der Waals surface area contributed by atoms with Gasteiger partial charge >= 0.3 is 0 Å². The second kappa shape index (κ2) is 4.04. The van der Waals surface area contributed by atoms with Crippen molar-refractivity contribution >= 4 is 5.91 Å². The first-order valence-electron chi connectivity index (χ1n) is 5.51. The van der Waals surface area contributed by atoms with E-state index in [9.17, 15) is 4.79 Å². The van der Waals surface area contributed by atoms with Crippen LogP contribution in [0.1, 0.15) is 32.1 Å². The Hall–Kier alpha value is -0.970. The third-order valence-corrected chi connectivity index (χ3v) is 2.97. The summed E-state index contributed by atoms with van der Waals surface area (Å²) >= 11 is 0. The predicted molar refractivity (Wildman–Crippen MR) is 55.5 cm³/mol. The van der Waals surface area contributed by atoms with Crippen LogP contribution in [0.15, 0.2) is 0 Å². The van der Waals surface area contributed by atoms with E-state index in [1.54, 1.807) is 0 Å². The van der Waals surface area contributed by atoms with Gasteiger partial charge in [0.2, 0.25) is 5.91 Å². The van der Waals surface area contributed by atoms with E-state index in [-0.39, 0.29) is 5.91 Å². The number of nitrogens with zero attached hydrogens (tertiary/aromatic N) is 1. The molecular formula is C12H17NO. The molecule has 0 spiro atoms. The van der Waals surface area contributed by atoms with Crippen LogP contribution in [-0.2, 0) is 4.79 Å². The van der Waals surface area contributed by atoms with E-state index in [0.717, 1.165) is 18.9 Å². The smallest absolute Gasteiger partial charge is 0.223 e. The third-order valence-electron chi connectivity index (χ3n) is 2.97. The highest BCUT2D eigenvalue weighted by atomic mass is 16.2. The van der Waals surface area contributed by atoms with Gasteiger partial charge in [0.1, 0.15) is 0 Å². The van der Waals surface area contributed by atoms with Gasteiger partial charge in [-0.1, -0.05) is 5.92 Å². The largest absolute Gasteiger partial charge is 0.331 e. The summed E-state index contributed by atoms with van der Waals surface area (Å²) in [7, 11) is 0. The first kappa shape index (κ1) is 9.58. The van der Waals surface area contributed by atoms with E-state index in [1.165, 1.54) is 25.7 Å². The molecule has 0 bridgehead atoms. The second-order valence-corrected chi connectivity index (χ2v) is 4.57. The Kier molecular flexibility index (Phi) is 2.77. The molecule has 0 atom stereocenters. The molecule has 2 nitrogen and oxygen atoms in total. The van der Waals surface area contributed by atoms with Crippen LogP contribution in [-0.4, -0.2) is 23.9 Å². The van der Waals surface area contributed by atoms with Gasteiger partial charge in [0, 0.05) is 13.0 Å².